The average molecular weight is 533 g/mol. The number of nitrogens with zero attached hydrogens (tertiary/aromatic N) is 3. The van der Waals surface area contributed by atoms with Gasteiger partial charge in [-0.1, -0.05) is 36.8 Å². The third kappa shape index (κ3) is 5.48. The summed E-state index contributed by atoms with van der Waals surface area (Å²) in [5.41, 5.74) is 1.19. The quantitative estimate of drug-likeness (QED) is 0.556. The zero-order valence-electron chi connectivity index (χ0n) is 22.4. The van der Waals surface area contributed by atoms with E-state index < -0.39 is 16.2 Å². The van der Waals surface area contributed by atoms with Crippen molar-refractivity contribution in [2.75, 3.05) is 45.2 Å². The van der Waals surface area contributed by atoms with Gasteiger partial charge < -0.3 is 10.4 Å². The maximum atomic E-state index is 13.0. The van der Waals surface area contributed by atoms with Gasteiger partial charge in [-0.05, 0) is 76.9 Å². The summed E-state index contributed by atoms with van der Waals surface area (Å²) in [6.45, 7) is 1.72. The van der Waals surface area contributed by atoms with E-state index >= 15 is 0 Å². The van der Waals surface area contributed by atoms with Crippen LogP contribution in [0.5, 0.6) is 0 Å². The zero-order chi connectivity index (χ0) is 26.3. The van der Waals surface area contributed by atoms with Crippen LogP contribution in [-0.2, 0) is 20.2 Å². The molecule has 37 heavy (non-hydrogen) atoms. The summed E-state index contributed by atoms with van der Waals surface area (Å²) < 4.78 is 23.5. The molecule has 8 nitrogen and oxygen atoms in total. The van der Waals surface area contributed by atoms with Crippen molar-refractivity contribution < 1.29 is 18.3 Å². The maximum absolute atomic E-state index is 13.0. The largest absolute Gasteiger partial charge is 0.365 e. The van der Waals surface area contributed by atoms with Gasteiger partial charge in [0, 0.05) is 30.2 Å². The van der Waals surface area contributed by atoms with Crippen LogP contribution < -0.4 is 5.32 Å². The van der Waals surface area contributed by atoms with Gasteiger partial charge in [-0.25, -0.2) is 8.42 Å². The van der Waals surface area contributed by atoms with Crippen molar-refractivity contribution in [1.29, 1.82) is 0 Å². The number of hydrogen-bond acceptors (Lipinski definition) is 7. The molecule has 5 rings (SSSR count). The minimum Gasteiger partial charge on any atom is -0.365 e. The topological polar surface area (TPSA) is 93.2 Å². The van der Waals surface area contributed by atoms with Crippen LogP contribution in [0.4, 0.5) is 0 Å². The molecule has 4 fully saturated rings. The van der Waals surface area contributed by atoms with E-state index in [4.69, 9.17) is 0 Å². The highest BCUT2D eigenvalue weighted by Crippen LogP contribution is 2.50. The third-order valence-electron chi connectivity index (χ3n) is 9.83. The first-order valence-electron chi connectivity index (χ1n) is 14.0. The number of benzene rings is 1. The molecule has 2 saturated heterocycles. The molecule has 9 heteroatoms. The van der Waals surface area contributed by atoms with E-state index in [9.17, 15) is 18.3 Å². The molecule has 0 aromatic heterocycles. The normalized spacial score (nSPS) is 31.0. The number of hydrogen-bond donors (Lipinski definition) is 2. The minimum atomic E-state index is -2.96. The Hall–Kier alpha value is -1.52. The summed E-state index contributed by atoms with van der Waals surface area (Å²) >= 11 is 0. The molecule has 1 atom stereocenters. The van der Waals surface area contributed by atoms with Crippen molar-refractivity contribution in [1.82, 2.24) is 20.0 Å². The van der Waals surface area contributed by atoms with Crippen LogP contribution in [0.15, 0.2) is 30.3 Å². The van der Waals surface area contributed by atoms with Crippen LogP contribution in [0.2, 0.25) is 0 Å². The number of sulfone groups is 1. The monoisotopic (exact) mass is 532 g/mol. The van der Waals surface area contributed by atoms with Crippen molar-refractivity contribution >= 4 is 15.7 Å². The fourth-order valence-electron chi connectivity index (χ4n) is 7.18. The first kappa shape index (κ1) is 27.1. The lowest BCUT2D eigenvalue weighted by Crippen LogP contribution is -2.57. The molecule has 2 heterocycles. The molecule has 2 aliphatic carbocycles. The fourth-order valence-corrected chi connectivity index (χ4v) is 8.67. The third-order valence-corrected chi connectivity index (χ3v) is 11.5. The highest BCUT2D eigenvalue weighted by atomic mass is 32.2. The summed E-state index contributed by atoms with van der Waals surface area (Å²) in [6.07, 6.45) is 7.85. The lowest BCUT2D eigenvalue weighted by molar-refractivity contribution is -0.130. The molecule has 4 aliphatic rings. The van der Waals surface area contributed by atoms with Gasteiger partial charge in [-0.2, -0.15) is 0 Å². The van der Waals surface area contributed by atoms with Gasteiger partial charge in [0.2, 0.25) is 5.91 Å². The predicted octanol–water partition coefficient (Wildman–Crippen LogP) is 2.14. The SMILES string of the molecule is CN(C)C1(c2ccccc2)CCC2(CC1)CN(CC(=O)NC1CCS(=O)(=O)CC1)C(O)N2CC1CCC1. The molecule has 0 bridgehead atoms. The van der Waals surface area contributed by atoms with Crippen molar-refractivity contribution in [2.24, 2.45) is 5.92 Å². The lowest BCUT2D eigenvalue weighted by Gasteiger charge is -2.52. The summed E-state index contributed by atoms with van der Waals surface area (Å²) in [6, 6.07) is 10.7. The number of rotatable bonds is 7. The standard InChI is InChI=1S/C28H44N4O4S/c1-30(2)28(23-9-4-3-5-10-23)15-13-27(14-16-28)21-31(26(34)32(27)19-22-7-6-8-22)20-25(33)29-24-11-17-37(35,36)18-12-24/h3-5,9-10,22,24,26,34H,6-8,11-21H2,1-2H3,(H,29,33). The molecule has 2 saturated carbocycles. The van der Waals surface area contributed by atoms with Gasteiger partial charge in [-0.3, -0.25) is 19.5 Å². The second kappa shape index (κ2) is 10.6. The molecule has 1 unspecified atom stereocenters. The van der Waals surface area contributed by atoms with Crippen LogP contribution in [0.1, 0.15) is 63.4 Å². The Kier molecular flexibility index (Phi) is 7.73. The highest BCUT2D eigenvalue weighted by Gasteiger charge is 2.55. The smallest absolute Gasteiger partial charge is 0.234 e. The Bertz CT molecular complexity index is 1040. The van der Waals surface area contributed by atoms with Crippen LogP contribution in [-0.4, -0.2) is 97.3 Å². The molecular formula is C28H44N4O4S. The van der Waals surface area contributed by atoms with E-state index in [1.165, 1.54) is 24.8 Å². The first-order chi connectivity index (χ1) is 17.6. The molecule has 1 spiro atoms. The highest BCUT2D eigenvalue weighted by molar-refractivity contribution is 7.91. The van der Waals surface area contributed by atoms with Gasteiger partial charge in [0.25, 0.3) is 0 Å². The lowest BCUT2D eigenvalue weighted by atomic mass is 9.68. The van der Waals surface area contributed by atoms with Crippen molar-refractivity contribution in [2.45, 2.75) is 81.3 Å². The van der Waals surface area contributed by atoms with Crippen LogP contribution in [0.25, 0.3) is 0 Å². The Balaban J connectivity index is 1.29. The average Bonchev–Trinajstić information content (AvgIpc) is 3.08. The molecule has 1 aromatic rings. The summed E-state index contributed by atoms with van der Waals surface area (Å²) in [7, 11) is 1.38. The Morgan fingerprint density at radius 2 is 1.70 bits per heavy atom. The Morgan fingerprint density at radius 1 is 1.05 bits per heavy atom. The Labute approximate surface area is 222 Å². The first-order valence-corrected chi connectivity index (χ1v) is 15.9. The van der Waals surface area contributed by atoms with E-state index in [0.29, 0.717) is 25.3 Å². The predicted molar refractivity (Wildman–Crippen MR) is 144 cm³/mol. The van der Waals surface area contributed by atoms with Gasteiger partial charge in [0.15, 0.2) is 6.35 Å². The number of carbonyl (C=O) groups excluding carboxylic acids is 1. The van der Waals surface area contributed by atoms with E-state index in [-0.39, 0.29) is 41.1 Å². The summed E-state index contributed by atoms with van der Waals surface area (Å²) in [5, 5.41) is 14.5. The molecule has 2 N–H and O–H groups in total. The van der Waals surface area contributed by atoms with Gasteiger partial charge in [-0.15, -0.1) is 0 Å². The number of aliphatic hydroxyl groups is 1. The zero-order valence-corrected chi connectivity index (χ0v) is 23.3. The fraction of sp³-hybridized carbons (Fsp3) is 0.750. The van der Waals surface area contributed by atoms with E-state index in [2.05, 4.69) is 59.5 Å². The van der Waals surface area contributed by atoms with Gasteiger partial charge in [0.1, 0.15) is 9.84 Å². The van der Waals surface area contributed by atoms with Gasteiger partial charge >= 0.3 is 0 Å². The maximum Gasteiger partial charge on any atom is 0.234 e. The second-order valence-corrected chi connectivity index (χ2v) is 14.5. The van der Waals surface area contributed by atoms with Gasteiger partial charge in [0.05, 0.1) is 18.1 Å². The number of amides is 1. The van der Waals surface area contributed by atoms with Crippen LogP contribution >= 0.6 is 0 Å². The van der Waals surface area contributed by atoms with Crippen molar-refractivity contribution in [3.8, 4) is 0 Å². The number of aliphatic hydroxyl groups excluding tert-OH is 1. The second-order valence-electron chi connectivity index (χ2n) is 12.2. The summed E-state index contributed by atoms with van der Waals surface area (Å²) in [5.74, 6) is 0.778. The van der Waals surface area contributed by atoms with Crippen LogP contribution in [0.3, 0.4) is 0 Å². The summed E-state index contributed by atoms with van der Waals surface area (Å²) in [4.78, 5) is 19.6. The number of carbonyl (C=O) groups is 1. The molecule has 206 valence electrons. The number of nitrogens with one attached hydrogen (secondary N) is 1. The van der Waals surface area contributed by atoms with Crippen LogP contribution in [0, 0.1) is 5.92 Å². The molecule has 2 aliphatic heterocycles. The van der Waals surface area contributed by atoms with E-state index in [1.54, 1.807) is 0 Å². The van der Waals surface area contributed by atoms with E-state index in [0.717, 1.165) is 32.2 Å². The molecule has 1 aromatic carbocycles. The molecule has 1 amide bonds. The van der Waals surface area contributed by atoms with Crippen molar-refractivity contribution in [3.63, 3.8) is 0 Å². The minimum absolute atomic E-state index is 0.0221. The molecule has 0 radical (unpaired) electrons. The van der Waals surface area contributed by atoms with Crippen molar-refractivity contribution in [3.05, 3.63) is 35.9 Å². The van der Waals surface area contributed by atoms with E-state index in [1.807, 2.05) is 4.90 Å². The Morgan fingerprint density at radius 3 is 2.27 bits per heavy atom. The molecular weight excluding hydrogens is 488 g/mol.